The summed E-state index contributed by atoms with van der Waals surface area (Å²) in [5, 5.41) is 2.57. The first-order valence-electron chi connectivity index (χ1n) is 6.32. The highest BCUT2D eigenvalue weighted by atomic mass is 16.6. The summed E-state index contributed by atoms with van der Waals surface area (Å²) in [6, 6.07) is 0. The van der Waals surface area contributed by atoms with Gasteiger partial charge in [-0.2, -0.15) is 0 Å². The summed E-state index contributed by atoms with van der Waals surface area (Å²) in [4.78, 5) is 27.2. The lowest BCUT2D eigenvalue weighted by molar-refractivity contribution is -0.145. The van der Waals surface area contributed by atoms with Gasteiger partial charge in [-0.25, -0.2) is 9.78 Å². The number of carbonyl (C=O) groups is 2. The number of carbonyl (C=O) groups excluding carboxylic acids is 2. The molecule has 0 aliphatic carbocycles. The fourth-order valence-electron chi connectivity index (χ4n) is 1.56. The van der Waals surface area contributed by atoms with E-state index in [2.05, 4.69) is 10.3 Å². The van der Waals surface area contributed by atoms with Gasteiger partial charge < -0.3 is 19.4 Å². The van der Waals surface area contributed by atoms with Crippen LogP contribution in [-0.2, 0) is 20.8 Å². The highest BCUT2D eigenvalue weighted by molar-refractivity contribution is 5.74. The maximum absolute atomic E-state index is 11.7. The summed E-state index contributed by atoms with van der Waals surface area (Å²) in [7, 11) is 1.32. The van der Waals surface area contributed by atoms with Crippen molar-refractivity contribution >= 4 is 12.1 Å². The molecular formula is C13H21N3O4. The van der Waals surface area contributed by atoms with Crippen LogP contribution in [0.4, 0.5) is 4.79 Å². The van der Waals surface area contributed by atoms with Crippen LogP contribution in [0, 0.1) is 5.92 Å². The average molecular weight is 283 g/mol. The summed E-state index contributed by atoms with van der Waals surface area (Å²) < 4.78 is 11.6. The normalized spacial score (nSPS) is 12.6. The van der Waals surface area contributed by atoms with E-state index in [9.17, 15) is 9.59 Å². The van der Waals surface area contributed by atoms with E-state index in [1.54, 1.807) is 44.1 Å². The summed E-state index contributed by atoms with van der Waals surface area (Å²) >= 11 is 0. The Balaban J connectivity index is 2.53. The molecular weight excluding hydrogens is 262 g/mol. The number of hydrogen-bond donors (Lipinski definition) is 1. The minimum absolute atomic E-state index is 0.139. The molecule has 7 nitrogen and oxygen atoms in total. The van der Waals surface area contributed by atoms with Gasteiger partial charge in [0.1, 0.15) is 5.60 Å². The van der Waals surface area contributed by atoms with Crippen LogP contribution in [0.15, 0.2) is 18.7 Å². The molecule has 0 aliphatic heterocycles. The predicted octanol–water partition coefficient (Wildman–Crippen LogP) is 1.20. The minimum Gasteiger partial charge on any atom is -0.469 e. The second-order valence-corrected chi connectivity index (χ2v) is 5.36. The van der Waals surface area contributed by atoms with E-state index in [0.29, 0.717) is 6.54 Å². The molecule has 20 heavy (non-hydrogen) atoms. The molecule has 1 aromatic rings. The Morgan fingerprint density at radius 3 is 2.60 bits per heavy atom. The van der Waals surface area contributed by atoms with Crippen LogP contribution in [-0.4, -0.2) is 40.9 Å². The predicted molar refractivity (Wildman–Crippen MR) is 72.0 cm³/mol. The van der Waals surface area contributed by atoms with Gasteiger partial charge in [0.05, 0.1) is 19.4 Å². The summed E-state index contributed by atoms with van der Waals surface area (Å²) in [6.45, 7) is 5.84. The molecule has 1 heterocycles. The first-order valence-corrected chi connectivity index (χ1v) is 6.32. The Kier molecular flexibility index (Phi) is 5.54. The molecule has 0 bridgehead atoms. The quantitative estimate of drug-likeness (QED) is 0.821. The van der Waals surface area contributed by atoms with Crippen LogP contribution in [0.1, 0.15) is 20.8 Å². The zero-order valence-corrected chi connectivity index (χ0v) is 12.3. The number of alkyl carbamates (subject to hydrolysis) is 1. The van der Waals surface area contributed by atoms with E-state index in [1.807, 2.05) is 0 Å². The number of nitrogens with one attached hydrogen (secondary N) is 1. The number of methoxy groups -OCH3 is 1. The molecule has 0 aromatic carbocycles. The van der Waals surface area contributed by atoms with Gasteiger partial charge in [-0.1, -0.05) is 0 Å². The topological polar surface area (TPSA) is 82.5 Å². The summed E-state index contributed by atoms with van der Waals surface area (Å²) in [5.41, 5.74) is -0.574. The smallest absolute Gasteiger partial charge is 0.407 e. The van der Waals surface area contributed by atoms with Crippen LogP contribution in [0.25, 0.3) is 0 Å². The molecule has 0 saturated carbocycles. The Bertz CT molecular complexity index is 437. The molecule has 1 atom stereocenters. The molecule has 1 amide bonds. The van der Waals surface area contributed by atoms with Crippen molar-refractivity contribution in [2.75, 3.05) is 13.7 Å². The molecule has 7 heteroatoms. The molecule has 0 spiro atoms. The number of ether oxygens (including phenoxy) is 2. The van der Waals surface area contributed by atoms with Crippen molar-refractivity contribution in [3.8, 4) is 0 Å². The van der Waals surface area contributed by atoms with E-state index in [4.69, 9.17) is 9.47 Å². The highest BCUT2D eigenvalue weighted by Crippen LogP contribution is 2.08. The highest BCUT2D eigenvalue weighted by Gasteiger charge is 2.22. The molecule has 0 fully saturated rings. The minimum atomic E-state index is -0.574. The van der Waals surface area contributed by atoms with E-state index in [-0.39, 0.29) is 6.54 Å². The Morgan fingerprint density at radius 2 is 2.10 bits per heavy atom. The molecule has 112 valence electrons. The Morgan fingerprint density at radius 1 is 1.40 bits per heavy atom. The number of rotatable bonds is 5. The summed E-state index contributed by atoms with van der Waals surface area (Å²) in [6.07, 6.45) is 4.40. The molecule has 1 rings (SSSR count). The monoisotopic (exact) mass is 283 g/mol. The molecule has 1 N–H and O–H groups in total. The zero-order valence-electron chi connectivity index (χ0n) is 12.3. The van der Waals surface area contributed by atoms with Gasteiger partial charge in [-0.3, -0.25) is 4.79 Å². The largest absolute Gasteiger partial charge is 0.469 e. The first kappa shape index (κ1) is 16.0. The zero-order chi connectivity index (χ0) is 15.2. The second kappa shape index (κ2) is 6.93. The third-order valence-corrected chi connectivity index (χ3v) is 2.42. The van der Waals surface area contributed by atoms with Crippen molar-refractivity contribution in [1.29, 1.82) is 0 Å². The number of amides is 1. The van der Waals surface area contributed by atoms with Gasteiger partial charge in [-0.15, -0.1) is 0 Å². The van der Waals surface area contributed by atoms with Crippen molar-refractivity contribution in [3.63, 3.8) is 0 Å². The summed E-state index contributed by atoms with van der Waals surface area (Å²) in [5.74, 6) is -0.892. The third-order valence-electron chi connectivity index (χ3n) is 2.42. The van der Waals surface area contributed by atoms with Gasteiger partial charge in [0.15, 0.2) is 0 Å². The molecule has 0 saturated heterocycles. The van der Waals surface area contributed by atoms with E-state index in [0.717, 1.165) is 0 Å². The number of nitrogens with zero attached hydrogens (tertiary/aromatic N) is 2. The van der Waals surface area contributed by atoms with E-state index in [1.165, 1.54) is 7.11 Å². The third kappa shape index (κ3) is 5.73. The lowest BCUT2D eigenvalue weighted by Crippen LogP contribution is -2.38. The maximum atomic E-state index is 11.7. The molecule has 1 aromatic heterocycles. The van der Waals surface area contributed by atoms with Gasteiger partial charge >= 0.3 is 12.1 Å². The van der Waals surface area contributed by atoms with Crippen LogP contribution < -0.4 is 5.32 Å². The fraction of sp³-hybridized carbons (Fsp3) is 0.615. The Labute approximate surface area is 118 Å². The van der Waals surface area contributed by atoms with Gasteiger partial charge in [0.2, 0.25) is 0 Å². The van der Waals surface area contributed by atoms with Crippen molar-refractivity contribution in [1.82, 2.24) is 14.9 Å². The van der Waals surface area contributed by atoms with Gasteiger partial charge in [0, 0.05) is 25.5 Å². The molecule has 0 radical (unpaired) electrons. The van der Waals surface area contributed by atoms with E-state index < -0.39 is 23.6 Å². The molecule has 0 aliphatic rings. The number of aromatic nitrogens is 2. The Hall–Kier alpha value is -2.05. The number of imidazole rings is 1. The maximum Gasteiger partial charge on any atom is 0.407 e. The number of esters is 1. The van der Waals surface area contributed by atoms with Crippen molar-refractivity contribution in [2.24, 2.45) is 5.92 Å². The number of hydrogen-bond acceptors (Lipinski definition) is 5. The van der Waals surface area contributed by atoms with Crippen molar-refractivity contribution in [2.45, 2.75) is 32.9 Å². The molecule has 1 unspecified atom stereocenters. The van der Waals surface area contributed by atoms with Crippen LogP contribution in [0.5, 0.6) is 0 Å². The first-order chi connectivity index (χ1) is 9.31. The average Bonchev–Trinajstić information content (AvgIpc) is 2.84. The van der Waals surface area contributed by atoms with Crippen molar-refractivity contribution < 1.29 is 19.1 Å². The standard InChI is InChI=1S/C13H21N3O4/c1-13(2,3)20-12(18)15-7-10(11(17)19-4)8-16-6-5-14-9-16/h5-6,9-10H,7-8H2,1-4H3,(H,15,18). The van der Waals surface area contributed by atoms with Crippen LogP contribution in [0.2, 0.25) is 0 Å². The van der Waals surface area contributed by atoms with Crippen LogP contribution in [0.3, 0.4) is 0 Å². The van der Waals surface area contributed by atoms with Gasteiger partial charge in [-0.05, 0) is 20.8 Å². The fourth-order valence-corrected chi connectivity index (χ4v) is 1.56. The lowest BCUT2D eigenvalue weighted by Gasteiger charge is -2.21. The SMILES string of the molecule is COC(=O)C(CNC(=O)OC(C)(C)C)Cn1ccnc1. The second-order valence-electron chi connectivity index (χ2n) is 5.36. The lowest BCUT2D eigenvalue weighted by atomic mass is 10.1. The van der Waals surface area contributed by atoms with Crippen LogP contribution >= 0.6 is 0 Å². The van der Waals surface area contributed by atoms with Crippen molar-refractivity contribution in [3.05, 3.63) is 18.7 Å². The van der Waals surface area contributed by atoms with Gasteiger partial charge in [0.25, 0.3) is 0 Å². The van der Waals surface area contributed by atoms with E-state index >= 15 is 0 Å².